The Morgan fingerprint density at radius 3 is 2.73 bits per heavy atom. The summed E-state index contributed by atoms with van der Waals surface area (Å²) in [5, 5.41) is 10.9. The molecule has 1 aliphatic rings. The van der Waals surface area contributed by atoms with Crippen molar-refractivity contribution in [3.05, 3.63) is 11.7 Å². The molecule has 2 rings (SSSR count). The first-order chi connectivity index (χ1) is 10.7. The number of hydrogen-bond donors (Lipinski definition) is 2. The van der Waals surface area contributed by atoms with E-state index in [0.29, 0.717) is 12.0 Å². The molecule has 0 aromatic carbocycles. The molecule has 1 saturated carbocycles. The molecular formula is C16H29N5O. The van der Waals surface area contributed by atoms with E-state index in [2.05, 4.69) is 39.6 Å². The highest BCUT2D eigenvalue weighted by atomic mass is 16.5. The molecule has 1 aromatic rings. The second-order valence-corrected chi connectivity index (χ2v) is 6.28. The van der Waals surface area contributed by atoms with Crippen molar-refractivity contribution in [2.24, 2.45) is 4.99 Å². The van der Waals surface area contributed by atoms with E-state index in [0.717, 1.165) is 37.1 Å². The zero-order chi connectivity index (χ0) is 15.8. The van der Waals surface area contributed by atoms with Gasteiger partial charge in [-0.1, -0.05) is 38.3 Å². The van der Waals surface area contributed by atoms with Crippen LogP contribution in [-0.4, -0.2) is 35.7 Å². The maximum absolute atomic E-state index is 5.25. The summed E-state index contributed by atoms with van der Waals surface area (Å²) in [6.45, 7) is 4.99. The molecule has 0 unspecified atom stereocenters. The van der Waals surface area contributed by atoms with Gasteiger partial charge in [0.25, 0.3) is 0 Å². The fraction of sp³-hybridized carbons (Fsp3) is 0.812. The second kappa shape index (κ2) is 8.76. The topological polar surface area (TPSA) is 75.3 Å². The monoisotopic (exact) mass is 307 g/mol. The highest BCUT2D eigenvalue weighted by molar-refractivity contribution is 5.79. The maximum Gasteiger partial charge on any atom is 0.226 e. The van der Waals surface area contributed by atoms with E-state index in [-0.39, 0.29) is 0 Å². The van der Waals surface area contributed by atoms with Crippen LogP contribution in [-0.2, 0) is 6.42 Å². The van der Waals surface area contributed by atoms with E-state index in [9.17, 15) is 0 Å². The first-order valence-corrected chi connectivity index (χ1v) is 8.48. The Morgan fingerprint density at radius 1 is 1.32 bits per heavy atom. The van der Waals surface area contributed by atoms with Gasteiger partial charge < -0.3 is 15.2 Å². The summed E-state index contributed by atoms with van der Waals surface area (Å²) in [5.74, 6) is 2.73. The van der Waals surface area contributed by atoms with Crippen LogP contribution in [0, 0.1) is 0 Å². The van der Waals surface area contributed by atoms with Gasteiger partial charge in [-0.2, -0.15) is 4.98 Å². The summed E-state index contributed by atoms with van der Waals surface area (Å²) in [4.78, 5) is 8.69. The summed E-state index contributed by atoms with van der Waals surface area (Å²) in [7, 11) is 1.82. The van der Waals surface area contributed by atoms with Gasteiger partial charge in [0.05, 0.1) is 0 Å². The van der Waals surface area contributed by atoms with Gasteiger partial charge in [-0.3, -0.25) is 4.99 Å². The quantitative estimate of drug-likeness (QED) is 0.480. The zero-order valence-electron chi connectivity index (χ0n) is 14.1. The zero-order valence-corrected chi connectivity index (χ0v) is 14.1. The first-order valence-electron chi connectivity index (χ1n) is 8.48. The fourth-order valence-corrected chi connectivity index (χ4v) is 2.69. The molecule has 2 N–H and O–H groups in total. The van der Waals surface area contributed by atoms with E-state index in [1.165, 1.54) is 32.1 Å². The molecule has 0 saturated heterocycles. The maximum atomic E-state index is 5.25. The van der Waals surface area contributed by atoms with Crippen molar-refractivity contribution in [1.82, 2.24) is 20.8 Å². The first kappa shape index (κ1) is 16.8. The number of hydrogen-bond acceptors (Lipinski definition) is 4. The molecule has 0 bridgehead atoms. The van der Waals surface area contributed by atoms with Gasteiger partial charge in [-0.25, -0.2) is 0 Å². The van der Waals surface area contributed by atoms with Gasteiger partial charge in [-0.15, -0.1) is 0 Å². The van der Waals surface area contributed by atoms with Crippen LogP contribution in [0.1, 0.15) is 70.0 Å². The Labute approximate surface area is 133 Å². The minimum Gasteiger partial charge on any atom is -0.356 e. The molecule has 0 amide bonds. The van der Waals surface area contributed by atoms with Crippen molar-refractivity contribution in [1.29, 1.82) is 0 Å². The SMILES string of the molecule is CN=C(NCCCc1nc(C(C)C)no1)NC1CCCCC1. The van der Waals surface area contributed by atoms with Crippen LogP contribution < -0.4 is 10.6 Å². The summed E-state index contributed by atoms with van der Waals surface area (Å²) in [6.07, 6.45) is 8.26. The minimum atomic E-state index is 0.314. The predicted molar refractivity (Wildman–Crippen MR) is 88.1 cm³/mol. The normalized spacial score (nSPS) is 17.0. The molecule has 0 radical (unpaired) electrons. The highest BCUT2D eigenvalue weighted by Gasteiger charge is 2.14. The van der Waals surface area contributed by atoms with Crippen LogP contribution >= 0.6 is 0 Å². The molecule has 1 aliphatic carbocycles. The van der Waals surface area contributed by atoms with Crippen molar-refractivity contribution >= 4 is 5.96 Å². The van der Waals surface area contributed by atoms with Gasteiger partial charge in [-0.05, 0) is 19.3 Å². The third-order valence-corrected chi connectivity index (χ3v) is 4.03. The van der Waals surface area contributed by atoms with E-state index in [4.69, 9.17) is 4.52 Å². The average molecular weight is 307 g/mol. The van der Waals surface area contributed by atoms with Crippen LogP contribution in [0.25, 0.3) is 0 Å². The van der Waals surface area contributed by atoms with Gasteiger partial charge in [0.1, 0.15) is 0 Å². The van der Waals surface area contributed by atoms with Crippen molar-refractivity contribution in [2.45, 2.75) is 70.8 Å². The van der Waals surface area contributed by atoms with Crippen molar-refractivity contribution in [3.63, 3.8) is 0 Å². The number of rotatable bonds is 6. The van der Waals surface area contributed by atoms with Crippen LogP contribution in [0.5, 0.6) is 0 Å². The molecule has 0 atom stereocenters. The molecule has 6 nitrogen and oxygen atoms in total. The summed E-state index contributed by atoms with van der Waals surface area (Å²) in [5.41, 5.74) is 0. The smallest absolute Gasteiger partial charge is 0.226 e. The Kier molecular flexibility index (Phi) is 6.68. The fourth-order valence-electron chi connectivity index (χ4n) is 2.69. The molecule has 1 heterocycles. The molecule has 1 aromatic heterocycles. The number of guanidine groups is 1. The van der Waals surface area contributed by atoms with Crippen LogP contribution in [0.4, 0.5) is 0 Å². The molecule has 1 fully saturated rings. The van der Waals surface area contributed by atoms with E-state index in [1.807, 2.05) is 7.05 Å². The van der Waals surface area contributed by atoms with Crippen LogP contribution in [0.3, 0.4) is 0 Å². The molecular weight excluding hydrogens is 278 g/mol. The lowest BCUT2D eigenvalue weighted by molar-refractivity contribution is 0.368. The molecule has 0 spiro atoms. The molecule has 6 heteroatoms. The van der Waals surface area contributed by atoms with Crippen molar-refractivity contribution < 1.29 is 4.52 Å². The number of aromatic nitrogens is 2. The van der Waals surface area contributed by atoms with Gasteiger partial charge in [0.2, 0.25) is 5.89 Å². The van der Waals surface area contributed by atoms with Gasteiger partial charge >= 0.3 is 0 Å². The lowest BCUT2D eigenvalue weighted by atomic mass is 9.96. The Morgan fingerprint density at radius 2 is 2.09 bits per heavy atom. The predicted octanol–water partition coefficient (Wildman–Crippen LogP) is 2.62. The largest absolute Gasteiger partial charge is 0.356 e. The van der Waals surface area contributed by atoms with Gasteiger partial charge in [0.15, 0.2) is 11.8 Å². The summed E-state index contributed by atoms with van der Waals surface area (Å²) < 4.78 is 5.25. The lowest BCUT2D eigenvalue weighted by Gasteiger charge is -2.24. The summed E-state index contributed by atoms with van der Waals surface area (Å²) in [6, 6.07) is 0.574. The number of nitrogens with one attached hydrogen (secondary N) is 2. The Hall–Kier alpha value is -1.59. The standard InChI is InChI=1S/C16H29N5O/c1-12(2)15-20-14(22-21-15)10-7-11-18-16(17-3)19-13-8-5-4-6-9-13/h12-13H,4-11H2,1-3H3,(H2,17,18,19). The number of aryl methyl sites for hydroxylation is 1. The average Bonchev–Trinajstić information content (AvgIpc) is 3.00. The Balaban J connectivity index is 1.65. The molecule has 22 heavy (non-hydrogen) atoms. The Bertz CT molecular complexity index is 463. The van der Waals surface area contributed by atoms with Crippen LogP contribution in [0.15, 0.2) is 9.52 Å². The van der Waals surface area contributed by atoms with E-state index >= 15 is 0 Å². The second-order valence-electron chi connectivity index (χ2n) is 6.28. The van der Waals surface area contributed by atoms with E-state index in [1.54, 1.807) is 0 Å². The highest BCUT2D eigenvalue weighted by Crippen LogP contribution is 2.17. The van der Waals surface area contributed by atoms with E-state index < -0.39 is 0 Å². The molecule has 124 valence electrons. The minimum absolute atomic E-state index is 0.314. The summed E-state index contributed by atoms with van der Waals surface area (Å²) >= 11 is 0. The van der Waals surface area contributed by atoms with Crippen molar-refractivity contribution in [2.75, 3.05) is 13.6 Å². The third-order valence-electron chi connectivity index (χ3n) is 4.03. The van der Waals surface area contributed by atoms with Crippen LogP contribution in [0.2, 0.25) is 0 Å². The lowest BCUT2D eigenvalue weighted by Crippen LogP contribution is -2.44. The number of aliphatic imine (C=N–C) groups is 1. The molecule has 0 aliphatic heterocycles. The number of nitrogens with zero attached hydrogens (tertiary/aromatic N) is 3. The van der Waals surface area contributed by atoms with Gasteiger partial charge in [0, 0.05) is 32.0 Å². The third kappa shape index (κ3) is 5.31. The van der Waals surface area contributed by atoms with Crippen molar-refractivity contribution in [3.8, 4) is 0 Å².